The Bertz CT molecular complexity index is 1150. The maximum atomic E-state index is 13.5. The van der Waals surface area contributed by atoms with Gasteiger partial charge in [-0.1, -0.05) is 46.3 Å². The monoisotopic (exact) mass is 550 g/mol. The molecule has 1 aromatic heterocycles. The van der Waals surface area contributed by atoms with Crippen LogP contribution in [0.2, 0.25) is 0 Å². The van der Waals surface area contributed by atoms with E-state index in [-0.39, 0.29) is 30.5 Å². The maximum Gasteiger partial charge on any atom is 0.243 e. The van der Waals surface area contributed by atoms with Crippen LogP contribution in [-0.4, -0.2) is 50.3 Å². The van der Waals surface area contributed by atoms with Gasteiger partial charge >= 0.3 is 0 Å². The summed E-state index contributed by atoms with van der Waals surface area (Å²) in [5, 5.41) is 2.00. The van der Waals surface area contributed by atoms with Crippen molar-refractivity contribution in [1.82, 2.24) is 9.21 Å². The molecule has 0 fully saturated rings. The zero-order valence-electron chi connectivity index (χ0n) is 18.6. The molecule has 0 radical (unpaired) electrons. The van der Waals surface area contributed by atoms with Gasteiger partial charge in [0.05, 0.1) is 24.6 Å². The van der Waals surface area contributed by atoms with E-state index < -0.39 is 10.0 Å². The van der Waals surface area contributed by atoms with Crippen LogP contribution in [0.5, 0.6) is 0 Å². The first-order valence-electron chi connectivity index (χ1n) is 10.4. The standard InChI is InChI=1S/C24H27BrN2O4S2/c1-19-12-15-32-23(19)17-26(16-20-6-4-3-5-7-20)24(28)18-27(13-14-31-2)33(29,30)22-10-8-21(25)9-11-22/h3-12,15H,13-14,16-18H2,1-2H3. The van der Waals surface area contributed by atoms with Gasteiger partial charge < -0.3 is 9.64 Å². The van der Waals surface area contributed by atoms with E-state index in [1.807, 2.05) is 48.7 Å². The number of aryl methyl sites for hydroxylation is 1. The average molecular weight is 552 g/mol. The Kier molecular flexibility index (Phi) is 9.22. The van der Waals surface area contributed by atoms with Crippen molar-refractivity contribution in [2.24, 2.45) is 0 Å². The molecule has 2 aromatic carbocycles. The molecule has 1 amide bonds. The van der Waals surface area contributed by atoms with E-state index in [9.17, 15) is 13.2 Å². The van der Waals surface area contributed by atoms with Gasteiger partial charge in [0.25, 0.3) is 0 Å². The minimum absolute atomic E-state index is 0.0812. The summed E-state index contributed by atoms with van der Waals surface area (Å²) < 4.78 is 33.7. The molecule has 0 saturated heterocycles. The summed E-state index contributed by atoms with van der Waals surface area (Å²) in [5.74, 6) is -0.261. The summed E-state index contributed by atoms with van der Waals surface area (Å²) >= 11 is 4.92. The third-order valence-corrected chi connectivity index (χ3v) is 8.58. The molecule has 0 aliphatic rings. The summed E-state index contributed by atoms with van der Waals surface area (Å²) in [6, 6.07) is 18.1. The fraction of sp³-hybridized carbons (Fsp3) is 0.292. The Hall–Kier alpha value is -2.04. The van der Waals surface area contributed by atoms with Crippen molar-refractivity contribution in [3.63, 3.8) is 0 Å². The second-order valence-corrected chi connectivity index (χ2v) is 11.4. The van der Waals surface area contributed by atoms with Crippen LogP contribution in [0, 0.1) is 6.92 Å². The Morgan fingerprint density at radius 1 is 1.03 bits per heavy atom. The number of hydrogen-bond donors (Lipinski definition) is 0. The van der Waals surface area contributed by atoms with Crippen LogP contribution < -0.4 is 0 Å². The number of benzene rings is 2. The third kappa shape index (κ3) is 6.97. The molecule has 0 saturated carbocycles. The lowest BCUT2D eigenvalue weighted by atomic mass is 10.2. The number of rotatable bonds is 11. The molecule has 0 atom stereocenters. The Labute approximate surface area is 208 Å². The second kappa shape index (κ2) is 11.9. The lowest BCUT2D eigenvalue weighted by molar-refractivity contribution is -0.132. The molecular formula is C24H27BrN2O4S2. The van der Waals surface area contributed by atoms with Gasteiger partial charge in [0.2, 0.25) is 15.9 Å². The number of nitrogens with zero attached hydrogens (tertiary/aromatic N) is 2. The SMILES string of the molecule is COCCN(CC(=O)N(Cc1ccccc1)Cc1sccc1C)S(=O)(=O)c1ccc(Br)cc1. The number of carbonyl (C=O) groups is 1. The predicted octanol–water partition coefficient (Wildman–Crippen LogP) is 4.69. The highest BCUT2D eigenvalue weighted by Gasteiger charge is 2.28. The number of thiophene rings is 1. The van der Waals surface area contributed by atoms with E-state index in [1.165, 1.54) is 23.5 Å². The third-order valence-electron chi connectivity index (χ3n) is 5.18. The van der Waals surface area contributed by atoms with E-state index in [2.05, 4.69) is 15.9 Å². The Balaban J connectivity index is 1.86. The van der Waals surface area contributed by atoms with Crippen LogP contribution in [0.1, 0.15) is 16.0 Å². The first-order valence-corrected chi connectivity index (χ1v) is 13.5. The van der Waals surface area contributed by atoms with Crippen LogP contribution in [0.4, 0.5) is 0 Å². The van der Waals surface area contributed by atoms with Crippen molar-refractivity contribution in [1.29, 1.82) is 0 Å². The number of sulfonamides is 1. The number of carbonyl (C=O) groups excluding carboxylic acids is 1. The van der Waals surface area contributed by atoms with Crippen molar-refractivity contribution in [2.75, 3.05) is 26.8 Å². The molecule has 176 valence electrons. The van der Waals surface area contributed by atoms with E-state index >= 15 is 0 Å². The average Bonchev–Trinajstić information content (AvgIpc) is 3.21. The number of methoxy groups -OCH3 is 1. The number of amides is 1. The minimum atomic E-state index is -3.87. The van der Waals surface area contributed by atoms with E-state index in [1.54, 1.807) is 28.4 Å². The molecular weight excluding hydrogens is 524 g/mol. The van der Waals surface area contributed by atoms with Crippen molar-refractivity contribution < 1.29 is 17.9 Å². The Morgan fingerprint density at radius 3 is 2.33 bits per heavy atom. The molecule has 0 aliphatic carbocycles. The van der Waals surface area contributed by atoms with Gasteiger partial charge in [0.1, 0.15) is 0 Å². The highest BCUT2D eigenvalue weighted by atomic mass is 79.9. The van der Waals surface area contributed by atoms with Crippen molar-refractivity contribution in [2.45, 2.75) is 24.9 Å². The van der Waals surface area contributed by atoms with Crippen LogP contribution in [-0.2, 0) is 32.6 Å². The van der Waals surface area contributed by atoms with Crippen molar-refractivity contribution >= 4 is 43.2 Å². The summed E-state index contributed by atoms with van der Waals surface area (Å²) in [6.07, 6.45) is 0. The zero-order chi connectivity index (χ0) is 23.8. The van der Waals surface area contributed by atoms with Crippen LogP contribution >= 0.6 is 27.3 Å². The first kappa shape index (κ1) is 25.6. The molecule has 0 bridgehead atoms. The summed E-state index contributed by atoms with van der Waals surface area (Å²) in [5.41, 5.74) is 2.10. The van der Waals surface area contributed by atoms with E-state index in [0.717, 1.165) is 20.5 Å². The van der Waals surface area contributed by atoms with Gasteiger partial charge in [-0.2, -0.15) is 4.31 Å². The van der Waals surface area contributed by atoms with Crippen LogP contribution in [0.3, 0.4) is 0 Å². The summed E-state index contributed by atoms with van der Waals surface area (Å²) in [7, 11) is -2.37. The van der Waals surface area contributed by atoms with Gasteiger partial charge in [-0.3, -0.25) is 4.79 Å². The molecule has 3 aromatic rings. The van der Waals surface area contributed by atoms with Crippen molar-refractivity contribution in [3.8, 4) is 0 Å². The van der Waals surface area contributed by atoms with Gasteiger partial charge in [0, 0.05) is 29.5 Å². The van der Waals surface area contributed by atoms with Crippen LogP contribution in [0.15, 0.2) is 75.4 Å². The van der Waals surface area contributed by atoms with Crippen LogP contribution in [0.25, 0.3) is 0 Å². The molecule has 0 spiro atoms. The molecule has 33 heavy (non-hydrogen) atoms. The van der Waals surface area contributed by atoms with Gasteiger partial charge in [-0.25, -0.2) is 8.42 Å². The number of ether oxygens (including phenoxy) is 1. The maximum absolute atomic E-state index is 13.5. The summed E-state index contributed by atoms with van der Waals surface area (Å²) in [4.78, 5) is 16.4. The molecule has 0 aliphatic heterocycles. The lowest BCUT2D eigenvalue weighted by Crippen LogP contribution is -2.43. The predicted molar refractivity (Wildman–Crippen MR) is 135 cm³/mol. The van der Waals surface area contributed by atoms with Gasteiger partial charge in [0.15, 0.2) is 0 Å². The normalized spacial score (nSPS) is 11.6. The number of hydrogen-bond acceptors (Lipinski definition) is 5. The molecule has 0 N–H and O–H groups in total. The second-order valence-electron chi connectivity index (χ2n) is 7.55. The first-order chi connectivity index (χ1) is 15.8. The lowest BCUT2D eigenvalue weighted by Gasteiger charge is -2.27. The van der Waals surface area contributed by atoms with E-state index in [0.29, 0.717) is 13.1 Å². The van der Waals surface area contributed by atoms with Gasteiger partial charge in [-0.15, -0.1) is 11.3 Å². The smallest absolute Gasteiger partial charge is 0.243 e. The fourth-order valence-corrected chi connectivity index (χ4v) is 5.82. The number of halogens is 1. The molecule has 1 heterocycles. The fourth-order valence-electron chi connectivity index (χ4n) is 3.26. The minimum Gasteiger partial charge on any atom is -0.383 e. The van der Waals surface area contributed by atoms with Crippen molar-refractivity contribution in [3.05, 3.63) is 86.5 Å². The van der Waals surface area contributed by atoms with E-state index in [4.69, 9.17) is 4.74 Å². The molecule has 3 rings (SSSR count). The molecule has 6 nitrogen and oxygen atoms in total. The largest absolute Gasteiger partial charge is 0.383 e. The summed E-state index contributed by atoms with van der Waals surface area (Å²) in [6.45, 7) is 2.84. The molecule has 0 unspecified atom stereocenters. The zero-order valence-corrected chi connectivity index (χ0v) is 21.8. The van der Waals surface area contributed by atoms with Gasteiger partial charge in [-0.05, 0) is 53.8 Å². The highest BCUT2D eigenvalue weighted by Crippen LogP contribution is 2.22. The Morgan fingerprint density at radius 2 is 1.73 bits per heavy atom. The molecule has 9 heteroatoms. The quantitative estimate of drug-likeness (QED) is 0.347. The topological polar surface area (TPSA) is 66.9 Å². The highest BCUT2D eigenvalue weighted by molar-refractivity contribution is 9.10.